The molecule has 0 saturated heterocycles. The van der Waals surface area contributed by atoms with Gasteiger partial charge in [-0.2, -0.15) is 0 Å². The van der Waals surface area contributed by atoms with Gasteiger partial charge in [-0.15, -0.1) is 11.8 Å². The fourth-order valence-electron chi connectivity index (χ4n) is 1.36. The number of nitrogens with zero attached hydrogens (tertiary/aromatic N) is 3. The monoisotopic (exact) mass is 260 g/mol. The van der Waals surface area contributed by atoms with Gasteiger partial charge in [0.05, 0.1) is 0 Å². The normalized spacial score (nSPS) is 11.4. The van der Waals surface area contributed by atoms with Gasteiger partial charge in [0.2, 0.25) is 0 Å². The molecule has 0 aliphatic heterocycles. The van der Waals surface area contributed by atoms with Crippen LogP contribution in [0, 0.1) is 0 Å². The fourth-order valence-corrected chi connectivity index (χ4v) is 2.18. The maximum Gasteiger partial charge on any atom is 0.188 e. The molecular formula is C12H12N4OS. The number of oxime groups is 1. The zero-order chi connectivity index (χ0) is 12.8. The number of rotatable bonds is 4. The zero-order valence-electron chi connectivity index (χ0n) is 9.52. The molecule has 0 spiro atoms. The summed E-state index contributed by atoms with van der Waals surface area (Å²) >= 11 is 1.69. The molecule has 3 N–H and O–H groups in total. The summed E-state index contributed by atoms with van der Waals surface area (Å²) in [7, 11) is 0. The van der Waals surface area contributed by atoms with E-state index < -0.39 is 0 Å². The largest absolute Gasteiger partial charge is 0.409 e. The first-order valence-corrected chi connectivity index (χ1v) is 6.24. The molecule has 0 aliphatic rings. The number of pyridine rings is 2. The number of amidine groups is 1. The molecule has 92 valence electrons. The molecule has 0 amide bonds. The molecule has 0 unspecified atom stereocenters. The average molecular weight is 260 g/mol. The van der Waals surface area contributed by atoms with Crippen molar-refractivity contribution in [2.24, 2.45) is 10.9 Å². The van der Waals surface area contributed by atoms with Gasteiger partial charge in [0, 0.05) is 29.2 Å². The highest BCUT2D eigenvalue weighted by Crippen LogP contribution is 2.21. The Labute approximate surface area is 109 Å². The van der Waals surface area contributed by atoms with E-state index in [4.69, 9.17) is 10.9 Å². The number of hydrogen-bond donors (Lipinski definition) is 2. The Balaban J connectivity index is 2.06. The highest BCUT2D eigenvalue weighted by Gasteiger charge is 2.02. The maximum atomic E-state index is 8.60. The summed E-state index contributed by atoms with van der Waals surface area (Å²) in [5, 5.41) is 11.5. The Morgan fingerprint density at radius 1 is 1.28 bits per heavy atom. The molecular weight excluding hydrogens is 248 g/mol. The van der Waals surface area contributed by atoms with Crippen LogP contribution in [0.2, 0.25) is 0 Å². The Hall–Kier alpha value is -2.08. The van der Waals surface area contributed by atoms with Crippen LogP contribution in [-0.4, -0.2) is 21.0 Å². The van der Waals surface area contributed by atoms with Crippen LogP contribution in [0.1, 0.15) is 11.3 Å². The van der Waals surface area contributed by atoms with Gasteiger partial charge in [-0.25, -0.2) is 0 Å². The Bertz CT molecular complexity index is 545. The van der Waals surface area contributed by atoms with Crippen LogP contribution in [0.25, 0.3) is 0 Å². The summed E-state index contributed by atoms with van der Waals surface area (Å²) in [6.07, 6.45) is 5.17. The van der Waals surface area contributed by atoms with Gasteiger partial charge in [-0.3, -0.25) is 9.97 Å². The maximum absolute atomic E-state index is 8.60. The van der Waals surface area contributed by atoms with Crippen molar-refractivity contribution in [3.05, 3.63) is 54.1 Å². The van der Waals surface area contributed by atoms with Gasteiger partial charge in [-0.05, 0) is 29.8 Å². The summed E-state index contributed by atoms with van der Waals surface area (Å²) in [4.78, 5) is 9.14. The van der Waals surface area contributed by atoms with E-state index in [1.807, 2.05) is 24.3 Å². The van der Waals surface area contributed by atoms with Crippen LogP contribution >= 0.6 is 11.8 Å². The third-order valence-electron chi connectivity index (χ3n) is 2.25. The second kappa shape index (κ2) is 6.02. The van der Waals surface area contributed by atoms with Crippen molar-refractivity contribution in [3.8, 4) is 0 Å². The van der Waals surface area contributed by atoms with Crippen molar-refractivity contribution in [1.29, 1.82) is 0 Å². The van der Waals surface area contributed by atoms with E-state index in [1.165, 1.54) is 0 Å². The molecule has 2 heterocycles. The summed E-state index contributed by atoms with van der Waals surface area (Å²) in [5.74, 6) is 0.809. The van der Waals surface area contributed by atoms with E-state index >= 15 is 0 Å². The van der Waals surface area contributed by atoms with Gasteiger partial charge >= 0.3 is 0 Å². The van der Waals surface area contributed by atoms with Crippen molar-refractivity contribution in [3.63, 3.8) is 0 Å². The van der Waals surface area contributed by atoms with E-state index in [1.54, 1.807) is 30.4 Å². The molecule has 0 aromatic carbocycles. The quantitative estimate of drug-likeness (QED) is 0.288. The van der Waals surface area contributed by atoms with Crippen LogP contribution in [0.4, 0.5) is 0 Å². The molecule has 2 rings (SSSR count). The molecule has 0 bridgehead atoms. The van der Waals surface area contributed by atoms with Crippen molar-refractivity contribution in [2.45, 2.75) is 10.6 Å². The van der Waals surface area contributed by atoms with Gasteiger partial charge in [0.15, 0.2) is 5.84 Å². The molecule has 18 heavy (non-hydrogen) atoms. The van der Waals surface area contributed by atoms with Gasteiger partial charge < -0.3 is 10.9 Å². The SMILES string of the molecule is NC(=NO)c1cc(CSc2ccncc2)ccn1. The second-order valence-corrected chi connectivity index (χ2v) is 4.55. The van der Waals surface area contributed by atoms with Crippen molar-refractivity contribution in [2.75, 3.05) is 0 Å². The van der Waals surface area contributed by atoms with E-state index in [0.29, 0.717) is 5.69 Å². The highest BCUT2D eigenvalue weighted by molar-refractivity contribution is 7.98. The minimum atomic E-state index is 0.0192. The first-order valence-electron chi connectivity index (χ1n) is 5.25. The minimum absolute atomic E-state index is 0.0192. The number of aromatic nitrogens is 2. The molecule has 0 radical (unpaired) electrons. The second-order valence-electron chi connectivity index (χ2n) is 3.51. The number of hydrogen-bond acceptors (Lipinski definition) is 5. The molecule has 2 aromatic rings. The zero-order valence-corrected chi connectivity index (χ0v) is 10.3. The molecule has 0 atom stereocenters. The van der Waals surface area contributed by atoms with Crippen LogP contribution in [0.15, 0.2) is 52.9 Å². The van der Waals surface area contributed by atoms with E-state index in [9.17, 15) is 0 Å². The van der Waals surface area contributed by atoms with E-state index in [-0.39, 0.29) is 5.84 Å². The smallest absolute Gasteiger partial charge is 0.188 e. The molecule has 6 heteroatoms. The third kappa shape index (κ3) is 3.21. The summed E-state index contributed by atoms with van der Waals surface area (Å²) in [6.45, 7) is 0. The van der Waals surface area contributed by atoms with Crippen LogP contribution < -0.4 is 5.73 Å². The lowest BCUT2D eigenvalue weighted by Gasteiger charge is -2.03. The summed E-state index contributed by atoms with van der Waals surface area (Å²) in [6, 6.07) is 7.62. The van der Waals surface area contributed by atoms with Crippen molar-refractivity contribution in [1.82, 2.24) is 9.97 Å². The molecule has 0 fully saturated rings. The topological polar surface area (TPSA) is 84.4 Å². The van der Waals surface area contributed by atoms with Gasteiger partial charge in [0.1, 0.15) is 5.69 Å². The van der Waals surface area contributed by atoms with Gasteiger partial charge in [0.25, 0.3) is 0 Å². The average Bonchev–Trinajstić information content (AvgIpc) is 2.45. The predicted molar refractivity (Wildman–Crippen MR) is 70.5 cm³/mol. The Morgan fingerprint density at radius 3 is 2.78 bits per heavy atom. The van der Waals surface area contributed by atoms with Crippen LogP contribution in [0.5, 0.6) is 0 Å². The van der Waals surface area contributed by atoms with Crippen LogP contribution in [-0.2, 0) is 5.75 Å². The predicted octanol–water partition coefficient (Wildman–Crippen LogP) is 1.86. The first kappa shape index (κ1) is 12.4. The summed E-state index contributed by atoms with van der Waals surface area (Å²) < 4.78 is 0. The van der Waals surface area contributed by atoms with E-state index in [0.717, 1.165) is 16.2 Å². The first-order chi connectivity index (χ1) is 8.79. The standard InChI is InChI=1S/C12H12N4OS/c13-12(16-17)11-7-9(1-6-15-11)8-18-10-2-4-14-5-3-10/h1-7,17H,8H2,(H2,13,16). The fraction of sp³-hybridized carbons (Fsp3) is 0.0833. The lowest BCUT2D eigenvalue weighted by Crippen LogP contribution is -2.15. The third-order valence-corrected chi connectivity index (χ3v) is 3.33. The molecule has 5 nitrogen and oxygen atoms in total. The Kier molecular flexibility index (Phi) is 4.14. The lowest BCUT2D eigenvalue weighted by molar-refractivity contribution is 0.318. The lowest BCUT2D eigenvalue weighted by atomic mass is 10.2. The van der Waals surface area contributed by atoms with Crippen LogP contribution in [0.3, 0.4) is 0 Å². The highest BCUT2D eigenvalue weighted by atomic mass is 32.2. The number of nitrogens with two attached hydrogens (primary N) is 1. The Morgan fingerprint density at radius 2 is 2.06 bits per heavy atom. The number of thioether (sulfide) groups is 1. The minimum Gasteiger partial charge on any atom is -0.409 e. The molecule has 0 aliphatic carbocycles. The molecule has 2 aromatic heterocycles. The van der Waals surface area contributed by atoms with Crippen molar-refractivity contribution < 1.29 is 5.21 Å². The summed E-state index contributed by atoms with van der Waals surface area (Å²) in [5.41, 5.74) is 7.03. The van der Waals surface area contributed by atoms with Crippen molar-refractivity contribution >= 4 is 17.6 Å². The molecule has 0 saturated carbocycles. The van der Waals surface area contributed by atoms with E-state index in [2.05, 4.69) is 15.1 Å². The van der Waals surface area contributed by atoms with Gasteiger partial charge in [-0.1, -0.05) is 5.16 Å².